The highest BCUT2D eigenvalue weighted by Crippen LogP contribution is 2.32. The van der Waals surface area contributed by atoms with E-state index < -0.39 is 0 Å². The average Bonchev–Trinajstić information content (AvgIpc) is 2.94. The van der Waals surface area contributed by atoms with Gasteiger partial charge < -0.3 is 9.47 Å². The molecule has 2 aromatic rings. The number of carbonyl (C=O) groups excluding carboxylic acids is 1. The van der Waals surface area contributed by atoms with Crippen LogP contribution in [0.3, 0.4) is 0 Å². The van der Waals surface area contributed by atoms with Gasteiger partial charge in [0.25, 0.3) is 5.91 Å². The van der Waals surface area contributed by atoms with Gasteiger partial charge in [-0.1, -0.05) is 6.92 Å². The number of hydrogen-bond acceptors (Lipinski definition) is 5. The molecule has 23 heavy (non-hydrogen) atoms. The summed E-state index contributed by atoms with van der Waals surface area (Å²) in [5.74, 6) is 1.89. The van der Waals surface area contributed by atoms with Gasteiger partial charge in [0.2, 0.25) is 0 Å². The average molecular weight is 332 g/mol. The Morgan fingerprint density at radius 1 is 1.35 bits per heavy atom. The number of aromatic nitrogens is 1. The highest BCUT2D eigenvalue weighted by atomic mass is 32.1. The standard InChI is InChI=1S/C17H20N2O3S/c1-11-3-8-14-15(9-11)23-17(18-14)19-16(20)10-22-13-6-4-12(21-2)5-7-13/h4-7,11H,3,8-10H2,1-2H3,(H,18,19,20)/t11-/m1/s1. The van der Waals surface area contributed by atoms with E-state index in [9.17, 15) is 4.79 Å². The second kappa shape index (κ2) is 7.00. The van der Waals surface area contributed by atoms with Gasteiger partial charge >= 0.3 is 0 Å². The van der Waals surface area contributed by atoms with Crippen molar-refractivity contribution < 1.29 is 14.3 Å². The van der Waals surface area contributed by atoms with Crippen LogP contribution in [0, 0.1) is 5.92 Å². The van der Waals surface area contributed by atoms with E-state index in [1.54, 1.807) is 42.7 Å². The summed E-state index contributed by atoms with van der Waals surface area (Å²) in [7, 11) is 1.61. The zero-order chi connectivity index (χ0) is 16.2. The van der Waals surface area contributed by atoms with E-state index in [0.717, 1.165) is 24.3 Å². The molecule has 1 aliphatic carbocycles. The third kappa shape index (κ3) is 4.01. The van der Waals surface area contributed by atoms with Crippen LogP contribution in [-0.2, 0) is 17.6 Å². The van der Waals surface area contributed by atoms with Crippen LogP contribution in [0.25, 0.3) is 0 Å². The third-order valence-electron chi connectivity index (χ3n) is 3.86. The first-order chi connectivity index (χ1) is 11.1. The number of methoxy groups -OCH3 is 1. The minimum absolute atomic E-state index is 0.0347. The second-order valence-corrected chi connectivity index (χ2v) is 6.83. The molecule has 1 aromatic heterocycles. The molecular formula is C17H20N2O3S. The van der Waals surface area contributed by atoms with Gasteiger partial charge in [-0.05, 0) is 49.4 Å². The molecule has 1 aromatic carbocycles. The highest BCUT2D eigenvalue weighted by molar-refractivity contribution is 7.15. The lowest BCUT2D eigenvalue weighted by Crippen LogP contribution is -2.20. The fourth-order valence-electron chi connectivity index (χ4n) is 2.57. The number of nitrogens with zero attached hydrogens (tertiary/aromatic N) is 1. The molecule has 0 aliphatic heterocycles. The van der Waals surface area contributed by atoms with Crippen LogP contribution < -0.4 is 14.8 Å². The second-order valence-electron chi connectivity index (χ2n) is 5.75. The van der Waals surface area contributed by atoms with Crippen LogP contribution in [0.15, 0.2) is 24.3 Å². The summed E-state index contributed by atoms with van der Waals surface area (Å²) < 4.78 is 10.5. The first-order valence-electron chi connectivity index (χ1n) is 7.69. The maximum absolute atomic E-state index is 12.0. The number of carbonyl (C=O) groups is 1. The third-order valence-corrected chi connectivity index (χ3v) is 4.90. The van der Waals surface area contributed by atoms with Gasteiger partial charge in [-0.3, -0.25) is 10.1 Å². The maximum atomic E-state index is 12.0. The molecule has 1 heterocycles. The zero-order valence-corrected chi connectivity index (χ0v) is 14.1. The van der Waals surface area contributed by atoms with Crippen molar-refractivity contribution in [1.82, 2.24) is 4.98 Å². The van der Waals surface area contributed by atoms with E-state index in [1.807, 2.05) is 0 Å². The molecule has 0 radical (unpaired) electrons. The fourth-order valence-corrected chi connectivity index (χ4v) is 3.76. The SMILES string of the molecule is COc1ccc(OCC(=O)Nc2nc3c(s2)C[C@H](C)CC3)cc1. The lowest BCUT2D eigenvalue weighted by molar-refractivity contribution is -0.118. The lowest BCUT2D eigenvalue weighted by Gasteiger charge is -2.15. The number of benzene rings is 1. The minimum atomic E-state index is -0.194. The van der Waals surface area contributed by atoms with E-state index >= 15 is 0 Å². The number of amides is 1. The van der Waals surface area contributed by atoms with Crippen molar-refractivity contribution in [3.63, 3.8) is 0 Å². The Morgan fingerprint density at radius 2 is 2.09 bits per heavy atom. The van der Waals surface area contributed by atoms with Crippen molar-refractivity contribution in [2.24, 2.45) is 5.92 Å². The molecule has 0 unspecified atom stereocenters. The van der Waals surface area contributed by atoms with E-state index in [2.05, 4.69) is 17.2 Å². The molecule has 0 bridgehead atoms. The summed E-state index contributed by atoms with van der Waals surface area (Å²) in [6.45, 7) is 2.22. The summed E-state index contributed by atoms with van der Waals surface area (Å²) in [5, 5.41) is 3.50. The molecule has 0 spiro atoms. The van der Waals surface area contributed by atoms with E-state index in [0.29, 0.717) is 16.8 Å². The van der Waals surface area contributed by atoms with Crippen molar-refractivity contribution in [2.45, 2.75) is 26.2 Å². The van der Waals surface area contributed by atoms with Crippen LogP contribution in [0.1, 0.15) is 23.9 Å². The van der Waals surface area contributed by atoms with Crippen molar-refractivity contribution in [3.05, 3.63) is 34.8 Å². The Labute approximate surface area is 139 Å². The van der Waals surface area contributed by atoms with Gasteiger partial charge in [-0.2, -0.15) is 0 Å². The molecule has 6 heteroatoms. The molecular weight excluding hydrogens is 312 g/mol. The zero-order valence-electron chi connectivity index (χ0n) is 13.3. The quantitative estimate of drug-likeness (QED) is 0.913. The van der Waals surface area contributed by atoms with E-state index in [1.165, 1.54) is 11.3 Å². The van der Waals surface area contributed by atoms with Crippen molar-refractivity contribution >= 4 is 22.4 Å². The molecule has 1 atom stereocenters. The van der Waals surface area contributed by atoms with Gasteiger partial charge in [-0.15, -0.1) is 11.3 Å². The van der Waals surface area contributed by atoms with E-state index in [4.69, 9.17) is 9.47 Å². The summed E-state index contributed by atoms with van der Waals surface area (Å²) in [4.78, 5) is 17.8. The van der Waals surface area contributed by atoms with Gasteiger partial charge in [-0.25, -0.2) is 4.98 Å². The number of hydrogen-bond donors (Lipinski definition) is 1. The molecule has 0 saturated carbocycles. The summed E-state index contributed by atoms with van der Waals surface area (Å²) in [6.07, 6.45) is 3.24. The van der Waals surface area contributed by atoms with Crippen LogP contribution in [0.2, 0.25) is 0 Å². The predicted octanol–water partition coefficient (Wildman–Crippen LogP) is 3.29. The van der Waals surface area contributed by atoms with Crippen LogP contribution in [0.4, 0.5) is 5.13 Å². The molecule has 122 valence electrons. The number of fused-ring (bicyclic) bond motifs is 1. The van der Waals surface area contributed by atoms with Gasteiger partial charge in [0.1, 0.15) is 11.5 Å². The van der Waals surface area contributed by atoms with Gasteiger partial charge in [0, 0.05) is 4.88 Å². The fraction of sp³-hybridized carbons (Fsp3) is 0.412. The predicted molar refractivity (Wildman–Crippen MR) is 90.4 cm³/mol. The number of nitrogens with one attached hydrogen (secondary N) is 1. The van der Waals surface area contributed by atoms with Gasteiger partial charge in [0.15, 0.2) is 11.7 Å². The number of rotatable bonds is 5. The number of anilines is 1. The minimum Gasteiger partial charge on any atom is -0.497 e. The number of aryl methyl sites for hydroxylation is 1. The molecule has 5 nitrogen and oxygen atoms in total. The maximum Gasteiger partial charge on any atom is 0.264 e. The molecule has 1 aliphatic rings. The van der Waals surface area contributed by atoms with Crippen LogP contribution >= 0.6 is 11.3 Å². The Bertz CT molecular complexity index is 682. The lowest BCUT2D eigenvalue weighted by atomic mass is 9.93. The summed E-state index contributed by atoms with van der Waals surface area (Å²) in [5.41, 5.74) is 1.14. The smallest absolute Gasteiger partial charge is 0.264 e. The first-order valence-corrected chi connectivity index (χ1v) is 8.51. The Morgan fingerprint density at radius 3 is 2.83 bits per heavy atom. The largest absolute Gasteiger partial charge is 0.497 e. The van der Waals surface area contributed by atoms with Crippen LogP contribution in [0.5, 0.6) is 11.5 Å². The van der Waals surface area contributed by atoms with Crippen molar-refractivity contribution in [3.8, 4) is 11.5 Å². The van der Waals surface area contributed by atoms with Crippen molar-refractivity contribution in [1.29, 1.82) is 0 Å². The molecule has 3 rings (SSSR count). The number of thiazole rings is 1. The first kappa shape index (κ1) is 15.8. The topological polar surface area (TPSA) is 60.5 Å². The van der Waals surface area contributed by atoms with E-state index in [-0.39, 0.29) is 12.5 Å². The van der Waals surface area contributed by atoms with Crippen molar-refractivity contribution in [2.75, 3.05) is 19.0 Å². The Balaban J connectivity index is 1.53. The monoisotopic (exact) mass is 332 g/mol. The molecule has 0 saturated heterocycles. The summed E-state index contributed by atoms with van der Waals surface area (Å²) in [6, 6.07) is 7.14. The van der Waals surface area contributed by atoms with Gasteiger partial charge in [0.05, 0.1) is 12.8 Å². The highest BCUT2D eigenvalue weighted by Gasteiger charge is 2.20. The summed E-state index contributed by atoms with van der Waals surface area (Å²) >= 11 is 1.58. The molecule has 1 N–H and O–H groups in total. The number of ether oxygens (including phenoxy) is 2. The Hall–Kier alpha value is -2.08. The Kier molecular flexibility index (Phi) is 4.81. The van der Waals surface area contributed by atoms with Crippen LogP contribution in [-0.4, -0.2) is 24.6 Å². The normalized spacial score (nSPS) is 16.5. The molecule has 0 fully saturated rings. The molecule has 1 amide bonds.